The molecule has 4 nitrogen and oxygen atoms in total. The van der Waals surface area contributed by atoms with Crippen molar-refractivity contribution >= 4 is 16.7 Å². The maximum atomic E-state index is 9.20. The molecule has 1 N–H and O–H groups in total. The average Bonchev–Trinajstić information content (AvgIpc) is 2.96. The number of rotatable bonds is 2. The molecule has 0 aliphatic carbocycles. The van der Waals surface area contributed by atoms with Gasteiger partial charge >= 0.3 is 0 Å². The summed E-state index contributed by atoms with van der Waals surface area (Å²) >= 11 is 0. The van der Waals surface area contributed by atoms with E-state index in [4.69, 9.17) is 0 Å². The molecule has 2 aromatic rings. The molecule has 1 aliphatic heterocycles. The fourth-order valence-corrected chi connectivity index (χ4v) is 2.60. The predicted octanol–water partition coefficient (Wildman–Crippen LogP) is 1.39. The van der Waals surface area contributed by atoms with E-state index >= 15 is 0 Å². The number of aliphatic hydroxyl groups is 1. The van der Waals surface area contributed by atoms with Crippen molar-refractivity contribution in [2.75, 3.05) is 24.6 Å². The number of imidazole rings is 1. The van der Waals surface area contributed by atoms with E-state index in [-0.39, 0.29) is 6.61 Å². The molecule has 1 fully saturated rings. The highest BCUT2D eigenvalue weighted by molar-refractivity contribution is 5.89. The van der Waals surface area contributed by atoms with Crippen LogP contribution in [0.5, 0.6) is 0 Å². The van der Waals surface area contributed by atoms with Gasteiger partial charge in [-0.1, -0.05) is 6.07 Å². The van der Waals surface area contributed by atoms with Crippen molar-refractivity contribution in [1.29, 1.82) is 0 Å². The molecule has 4 heteroatoms. The predicted molar refractivity (Wildman–Crippen MR) is 68.1 cm³/mol. The fourth-order valence-electron chi connectivity index (χ4n) is 2.60. The van der Waals surface area contributed by atoms with Crippen molar-refractivity contribution in [1.82, 2.24) is 9.55 Å². The number of hydrogen-bond acceptors (Lipinski definition) is 3. The first kappa shape index (κ1) is 10.6. The second-order valence-electron chi connectivity index (χ2n) is 4.78. The number of aromatic nitrogens is 2. The van der Waals surface area contributed by atoms with Crippen molar-refractivity contribution in [2.24, 2.45) is 13.0 Å². The molecule has 1 aliphatic rings. The second-order valence-corrected chi connectivity index (χ2v) is 4.78. The van der Waals surface area contributed by atoms with Crippen LogP contribution in [0.3, 0.4) is 0 Å². The summed E-state index contributed by atoms with van der Waals surface area (Å²) in [4.78, 5) is 6.80. The van der Waals surface area contributed by atoms with Crippen LogP contribution in [0.15, 0.2) is 24.5 Å². The van der Waals surface area contributed by atoms with Crippen molar-refractivity contribution in [3.63, 3.8) is 0 Å². The summed E-state index contributed by atoms with van der Waals surface area (Å²) in [6.45, 7) is 2.24. The molecule has 0 unspecified atom stereocenters. The number of aryl methyl sites for hydroxylation is 1. The van der Waals surface area contributed by atoms with Crippen LogP contribution in [-0.4, -0.2) is 34.4 Å². The zero-order valence-corrected chi connectivity index (χ0v) is 10.0. The number of aliphatic hydroxyl groups excluding tert-OH is 1. The lowest BCUT2D eigenvalue weighted by Crippen LogP contribution is -2.20. The van der Waals surface area contributed by atoms with E-state index in [0.29, 0.717) is 5.92 Å². The molecule has 1 aromatic heterocycles. The molecule has 0 radical (unpaired) electrons. The number of fused-ring (bicyclic) bond motifs is 1. The molecule has 3 rings (SSSR count). The van der Waals surface area contributed by atoms with Gasteiger partial charge in [0.2, 0.25) is 0 Å². The Hall–Kier alpha value is -1.55. The van der Waals surface area contributed by atoms with Crippen LogP contribution in [0, 0.1) is 5.92 Å². The Balaban J connectivity index is 2.00. The van der Waals surface area contributed by atoms with Crippen molar-refractivity contribution in [2.45, 2.75) is 6.42 Å². The Kier molecular flexibility index (Phi) is 2.52. The van der Waals surface area contributed by atoms with Gasteiger partial charge in [-0.3, -0.25) is 0 Å². The normalized spacial score (nSPS) is 20.4. The Morgan fingerprint density at radius 3 is 3.12 bits per heavy atom. The molecule has 0 saturated carbocycles. The largest absolute Gasteiger partial charge is 0.396 e. The standard InChI is InChI=1S/C13H17N3O/c1-15-9-14-13-11(15)3-2-4-12(13)16-6-5-10(7-16)8-17/h2-4,9-10,17H,5-8H2,1H3/t10-/m0/s1. The first-order valence-corrected chi connectivity index (χ1v) is 6.05. The molecule has 90 valence electrons. The Morgan fingerprint density at radius 1 is 1.47 bits per heavy atom. The minimum atomic E-state index is 0.286. The SMILES string of the molecule is Cn1cnc2c(N3CC[C@H](CO)C3)cccc21. The van der Waals surface area contributed by atoms with Gasteiger partial charge in [0.1, 0.15) is 5.52 Å². The third kappa shape index (κ3) is 1.69. The second kappa shape index (κ2) is 4.04. The Labute approximate surface area is 100 Å². The summed E-state index contributed by atoms with van der Waals surface area (Å²) in [7, 11) is 2.01. The van der Waals surface area contributed by atoms with Crippen LogP contribution in [0.1, 0.15) is 6.42 Å². The summed E-state index contributed by atoms with van der Waals surface area (Å²) < 4.78 is 2.04. The topological polar surface area (TPSA) is 41.3 Å². The molecular formula is C13H17N3O. The number of anilines is 1. The molecule has 0 amide bonds. The van der Waals surface area contributed by atoms with Crippen molar-refractivity contribution in [3.05, 3.63) is 24.5 Å². The lowest BCUT2D eigenvalue weighted by molar-refractivity contribution is 0.238. The van der Waals surface area contributed by atoms with Crippen LogP contribution in [-0.2, 0) is 7.05 Å². The number of nitrogens with zero attached hydrogens (tertiary/aromatic N) is 3. The number of para-hydroxylation sites is 1. The highest BCUT2D eigenvalue weighted by Gasteiger charge is 2.23. The van der Waals surface area contributed by atoms with Crippen LogP contribution in [0.4, 0.5) is 5.69 Å². The van der Waals surface area contributed by atoms with E-state index in [1.165, 1.54) is 5.69 Å². The Bertz CT molecular complexity index is 534. The zero-order chi connectivity index (χ0) is 11.8. The molecule has 17 heavy (non-hydrogen) atoms. The maximum absolute atomic E-state index is 9.20. The molecular weight excluding hydrogens is 214 g/mol. The van der Waals surface area contributed by atoms with Gasteiger partial charge < -0.3 is 14.6 Å². The first-order valence-electron chi connectivity index (χ1n) is 6.05. The van der Waals surface area contributed by atoms with E-state index in [0.717, 1.165) is 30.5 Å². The van der Waals surface area contributed by atoms with Gasteiger partial charge in [0, 0.05) is 32.7 Å². The third-order valence-electron chi connectivity index (χ3n) is 3.62. The Morgan fingerprint density at radius 2 is 2.35 bits per heavy atom. The number of hydrogen-bond donors (Lipinski definition) is 1. The number of benzene rings is 1. The zero-order valence-electron chi connectivity index (χ0n) is 10.0. The molecule has 0 bridgehead atoms. The smallest absolute Gasteiger partial charge is 0.112 e. The summed E-state index contributed by atoms with van der Waals surface area (Å²) in [5.41, 5.74) is 3.42. The third-order valence-corrected chi connectivity index (χ3v) is 3.62. The monoisotopic (exact) mass is 231 g/mol. The van der Waals surface area contributed by atoms with E-state index < -0.39 is 0 Å². The van der Waals surface area contributed by atoms with Crippen LogP contribution in [0.25, 0.3) is 11.0 Å². The van der Waals surface area contributed by atoms with E-state index in [1.54, 1.807) is 0 Å². The van der Waals surface area contributed by atoms with Gasteiger partial charge in [0.15, 0.2) is 0 Å². The van der Waals surface area contributed by atoms with Crippen LogP contribution in [0.2, 0.25) is 0 Å². The van der Waals surface area contributed by atoms with Crippen molar-refractivity contribution in [3.8, 4) is 0 Å². The van der Waals surface area contributed by atoms with Crippen LogP contribution >= 0.6 is 0 Å². The lowest BCUT2D eigenvalue weighted by atomic mass is 10.1. The molecule has 0 spiro atoms. The fraction of sp³-hybridized carbons (Fsp3) is 0.462. The van der Waals surface area contributed by atoms with E-state index in [2.05, 4.69) is 28.1 Å². The highest BCUT2D eigenvalue weighted by atomic mass is 16.3. The summed E-state index contributed by atoms with van der Waals surface area (Å²) in [5, 5.41) is 9.20. The summed E-state index contributed by atoms with van der Waals surface area (Å²) in [5.74, 6) is 0.411. The maximum Gasteiger partial charge on any atom is 0.112 e. The molecule has 1 atom stereocenters. The average molecular weight is 231 g/mol. The van der Waals surface area contributed by atoms with Gasteiger partial charge in [0.05, 0.1) is 17.5 Å². The molecule has 1 saturated heterocycles. The lowest BCUT2D eigenvalue weighted by Gasteiger charge is -2.18. The minimum absolute atomic E-state index is 0.286. The quantitative estimate of drug-likeness (QED) is 0.849. The van der Waals surface area contributed by atoms with Gasteiger partial charge in [-0.05, 0) is 18.6 Å². The van der Waals surface area contributed by atoms with Gasteiger partial charge in [-0.15, -0.1) is 0 Å². The molecule has 2 heterocycles. The van der Waals surface area contributed by atoms with E-state index in [1.807, 2.05) is 17.9 Å². The van der Waals surface area contributed by atoms with E-state index in [9.17, 15) is 5.11 Å². The summed E-state index contributed by atoms with van der Waals surface area (Å²) in [6, 6.07) is 6.28. The van der Waals surface area contributed by atoms with Gasteiger partial charge in [0.25, 0.3) is 0 Å². The first-order chi connectivity index (χ1) is 8.29. The van der Waals surface area contributed by atoms with Crippen molar-refractivity contribution < 1.29 is 5.11 Å². The minimum Gasteiger partial charge on any atom is -0.396 e. The van der Waals surface area contributed by atoms with Crippen LogP contribution < -0.4 is 4.90 Å². The van der Waals surface area contributed by atoms with Gasteiger partial charge in [-0.2, -0.15) is 0 Å². The molecule has 1 aromatic carbocycles. The van der Waals surface area contributed by atoms with Gasteiger partial charge in [-0.25, -0.2) is 4.98 Å². The summed E-state index contributed by atoms with van der Waals surface area (Å²) in [6.07, 6.45) is 2.92. The highest BCUT2D eigenvalue weighted by Crippen LogP contribution is 2.29.